The zero-order chi connectivity index (χ0) is 20.9. The molecule has 0 N–H and O–H groups in total. The summed E-state index contributed by atoms with van der Waals surface area (Å²) >= 11 is 9.94. The Morgan fingerprint density at radius 1 is 1.07 bits per heavy atom. The van der Waals surface area contributed by atoms with Gasteiger partial charge in [-0.1, -0.05) is 83.0 Å². The second-order valence-corrected chi connectivity index (χ2v) is 8.33. The predicted molar refractivity (Wildman–Crippen MR) is 118 cm³/mol. The van der Waals surface area contributed by atoms with Crippen molar-refractivity contribution in [2.75, 3.05) is 12.4 Å². The number of alkyl halides is 1. The van der Waals surface area contributed by atoms with E-state index in [1.807, 2.05) is 42.5 Å². The van der Waals surface area contributed by atoms with Crippen LogP contribution < -0.4 is 0 Å². The van der Waals surface area contributed by atoms with Gasteiger partial charge in [-0.15, -0.1) is 0 Å². The third-order valence-electron chi connectivity index (χ3n) is 5.33. The van der Waals surface area contributed by atoms with Crippen LogP contribution in [-0.2, 0) is 31.2 Å². The molecule has 5 atom stereocenters. The van der Waals surface area contributed by atoms with Gasteiger partial charge in [0.2, 0.25) is 0 Å². The summed E-state index contributed by atoms with van der Waals surface area (Å²) in [5, 5.41) is 1.32. The van der Waals surface area contributed by atoms with Crippen LogP contribution in [0, 0.1) is 0 Å². The molecule has 158 valence electrons. The maximum Gasteiger partial charge on any atom is 0.186 e. The molecule has 2 aromatic carbocycles. The molecule has 1 fully saturated rings. The first-order valence-electron chi connectivity index (χ1n) is 9.85. The molecule has 6 heteroatoms. The Bertz CT molecular complexity index is 774. The van der Waals surface area contributed by atoms with Crippen LogP contribution in [0.4, 0.5) is 0 Å². The van der Waals surface area contributed by atoms with E-state index in [0.717, 1.165) is 17.5 Å². The van der Waals surface area contributed by atoms with E-state index in [-0.39, 0.29) is 18.3 Å². The maximum atomic E-state index is 6.65. The number of halogens is 2. The zero-order valence-corrected chi connectivity index (χ0v) is 19.4. The molecule has 2 aromatic rings. The van der Waals surface area contributed by atoms with Gasteiger partial charge in [0.05, 0.1) is 12.7 Å². The highest BCUT2D eigenvalue weighted by Crippen LogP contribution is 2.37. The van der Waals surface area contributed by atoms with Gasteiger partial charge in [0.1, 0.15) is 17.8 Å². The van der Waals surface area contributed by atoms with Crippen LogP contribution in [0.1, 0.15) is 31.4 Å². The van der Waals surface area contributed by atoms with Crippen LogP contribution in [0.25, 0.3) is 0 Å². The van der Waals surface area contributed by atoms with E-state index in [9.17, 15) is 0 Å². The quantitative estimate of drug-likeness (QED) is 0.429. The Morgan fingerprint density at radius 2 is 1.76 bits per heavy atom. The van der Waals surface area contributed by atoms with E-state index in [1.54, 1.807) is 7.11 Å². The van der Waals surface area contributed by atoms with Gasteiger partial charge < -0.3 is 18.9 Å². The van der Waals surface area contributed by atoms with E-state index in [1.165, 1.54) is 0 Å². The van der Waals surface area contributed by atoms with Gasteiger partial charge in [0, 0.05) is 17.5 Å². The average molecular weight is 484 g/mol. The van der Waals surface area contributed by atoms with Crippen molar-refractivity contribution >= 4 is 27.5 Å². The molecule has 0 spiro atoms. The van der Waals surface area contributed by atoms with E-state index in [4.69, 9.17) is 30.5 Å². The molecular formula is C23H28BrClO4. The van der Waals surface area contributed by atoms with Crippen molar-refractivity contribution < 1.29 is 18.9 Å². The van der Waals surface area contributed by atoms with Crippen LogP contribution in [-0.4, -0.2) is 37.0 Å². The van der Waals surface area contributed by atoms with Crippen LogP contribution >= 0.6 is 27.5 Å². The minimum absolute atomic E-state index is 0.122. The van der Waals surface area contributed by atoms with Crippen molar-refractivity contribution in [3.05, 3.63) is 70.7 Å². The molecule has 1 aliphatic rings. The van der Waals surface area contributed by atoms with Crippen LogP contribution in [0.3, 0.4) is 0 Å². The molecule has 1 aliphatic heterocycles. The highest BCUT2D eigenvalue weighted by atomic mass is 79.9. The van der Waals surface area contributed by atoms with Crippen molar-refractivity contribution in [3.8, 4) is 0 Å². The van der Waals surface area contributed by atoms with Gasteiger partial charge in [-0.25, -0.2) is 0 Å². The predicted octanol–water partition coefficient (Wildman–Crippen LogP) is 5.70. The van der Waals surface area contributed by atoms with Crippen molar-refractivity contribution in [1.82, 2.24) is 0 Å². The average Bonchev–Trinajstić information content (AvgIpc) is 3.09. The summed E-state index contributed by atoms with van der Waals surface area (Å²) in [5.74, 6) is 0. The van der Waals surface area contributed by atoms with Gasteiger partial charge in [-0.05, 0) is 30.5 Å². The molecule has 2 unspecified atom stereocenters. The summed E-state index contributed by atoms with van der Waals surface area (Å²) in [7, 11) is 1.64. The third-order valence-corrected chi connectivity index (χ3v) is 6.77. The smallest absolute Gasteiger partial charge is 0.186 e. The standard InChI is InChI=1S/C23H28BrClO4/c1-4-19-20(27-14-16-10-8-9-13-18(16)25)21(22(26-3)28-19)29-23(2,15-24)17-11-6-5-7-12-17/h5-13,19-22H,4,14-15H2,1-3H3/t19-,20+,21-,22?,23?/m1/s1. The molecule has 4 nitrogen and oxygen atoms in total. The molecule has 3 rings (SSSR count). The first-order chi connectivity index (χ1) is 14.0. The number of ether oxygens (including phenoxy) is 4. The lowest BCUT2D eigenvalue weighted by atomic mass is 9.97. The second kappa shape index (κ2) is 10.4. The molecule has 0 amide bonds. The minimum atomic E-state index is -0.555. The number of hydrogen-bond donors (Lipinski definition) is 0. The lowest BCUT2D eigenvalue weighted by molar-refractivity contribution is -0.197. The van der Waals surface area contributed by atoms with Crippen molar-refractivity contribution in [2.24, 2.45) is 0 Å². The Hall–Kier alpha value is -0.950. The minimum Gasteiger partial charge on any atom is -0.368 e. The van der Waals surface area contributed by atoms with Crippen molar-refractivity contribution in [3.63, 3.8) is 0 Å². The fourth-order valence-corrected chi connectivity index (χ4v) is 4.25. The van der Waals surface area contributed by atoms with Crippen molar-refractivity contribution in [2.45, 2.75) is 57.1 Å². The van der Waals surface area contributed by atoms with Gasteiger partial charge in [-0.3, -0.25) is 0 Å². The molecular weight excluding hydrogens is 456 g/mol. The van der Waals surface area contributed by atoms with E-state index in [2.05, 4.69) is 41.9 Å². The van der Waals surface area contributed by atoms with E-state index in [0.29, 0.717) is 17.0 Å². The first-order valence-corrected chi connectivity index (χ1v) is 11.3. The molecule has 0 radical (unpaired) electrons. The number of rotatable bonds is 9. The Balaban J connectivity index is 1.83. The number of benzene rings is 2. The Labute approximate surface area is 186 Å². The lowest BCUT2D eigenvalue weighted by Crippen LogP contribution is -2.44. The summed E-state index contributed by atoms with van der Waals surface area (Å²) in [6.07, 6.45) is -0.483. The lowest BCUT2D eigenvalue weighted by Gasteiger charge is -2.35. The first kappa shape index (κ1) is 22.7. The third kappa shape index (κ3) is 5.22. The highest BCUT2D eigenvalue weighted by molar-refractivity contribution is 9.09. The Kier molecular flexibility index (Phi) is 8.14. The zero-order valence-electron chi connectivity index (χ0n) is 17.0. The van der Waals surface area contributed by atoms with Gasteiger partial charge in [0.15, 0.2) is 6.29 Å². The maximum absolute atomic E-state index is 6.65. The number of methoxy groups -OCH3 is 1. The molecule has 29 heavy (non-hydrogen) atoms. The highest BCUT2D eigenvalue weighted by Gasteiger charge is 2.49. The van der Waals surface area contributed by atoms with Crippen molar-refractivity contribution in [1.29, 1.82) is 0 Å². The van der Waals surface area contributed by atoms with Crippen LogP contribution in [0.2, 0.25) is 5.02 Å². The molecule has 1 heterocycles. The SMILES string of the molecule is CC[C@H]1OC(OC)[C@H](OC(C)(CBr)c2ccccc2)[C@H]1OCc1ccccc1Cl. The summed E-state index contributed by atoms with van der Waals surface area (Å²) in [5.41, 5.74) is 1.47. The normalized spacial score (nSPS) is 26.4. The second-order valence-electron chi connectivity index (χ2n) is 7.37. The summed E-state index contributed by atoms with van der Waals surface area (Å²) in [6.45, 7) is 4.53. The van der Waals surface area contributed by atoms with Gasteiger partial charge in [0.25, 0.3) is 0 Å². The van der Waals surface area contributed by atoms with E-state index >= 15 is 0 Å². The fourth-order valence-electron chi connectivity index (χ4n) is 3.61. The topological polar surface area (TPSA) is 36.9 Å². The Morgan fingerprint density at radius 3 is 2.38 bits per heavy atom. The van der Waals surface area contributed by atoms with E-state index < -0.39 is 11.9 Å². The molecule has 1 saturated heterocycles. The monoisotopic (exact) mass is 482 g/mol. The molecule has 0 saturated carbocycles. The summed E-state index contributed by atoms with van der Waals surface area (Å²) in [6, 6.07) is 17.9. The molecule has 0 aliphatic carbocycles. The van der Waals surface area contributed by atoms with Gasteiger partial charge in [-0.2, -0.15) is 0 Å². The largest absolute Gasteiger partial charge is 0.368 e. The summed E-state index contributed by atoms with van der Waals surface area (Å²) < 4.78 is 24.7. The summed E-state index contributed by atoms with van der Waals surface area (Å²) in [4.78, 5) is 0. The molecule has 0 aromatic heterocycles. The van der Waals surface area contributed by atoms with Crippen LogP contribution in [0.15, 0.2) is 54.6 Å². The number of hydrogen-bond acceptors (Lipinski definition) is 4. The van der Waals surface area contributed by atoms with Gasteiger partial charge >= 0.3 is 0 Å². The van der Waals surface area contributed by atoms with Crippen LogP contribution in [0.5, 0.6) is 0 Å². The fraction of sp³-hybridized carbons (Fsp3) is 0.478. The molecule has 0 bridgehead atoms.